The van der Waals surface area contributed by atoms with Crippen LogP contribution in [-0.4, -0.2) is 18.7 Å². The third-order valence-electron chi connectivity index (χ3n) is 3.06. The summed E-state index contributed by atoms with van der Waals surface area (Å²) in [4.78, 5) is 0. The Kier molecular flexibility index (Phi) is 6.13. The van der Waals surface area contributed by atoms with Crippen molar-refractivity contribution in [3.63, 3.8) is 0 Å². The average molecular weight is 253 g/mol. The Morgan fingerprint density at radius 3 is 2.67 bits per heavy atom. The molecular formula is C15H24FNO. The van der Waals surface area contributed by atoms with E-state index in [1.54, 1.807) is 12.1 Å². The highest BCUT2D eigenvalue weighted by atomic mass is 19.1. The molecule has 0 aliphatic heterocycles. The first-order valence-electron chi connectivity index (χ1n) is 6.74. The van der Waals surface area contributed by atoms with Gasteiger partial charge in [0.1, 0.15) is 6.10 Å². The monoisotopic (exact) mass is 253 g/mol. The molecule has 18 heavy (non-hydrogen) atoms. The molecule has 0 aromatic heterocycles. The second kappa shape index (κ2) is 7.37. The fraction of sp³-hybridized carbons (Fsp3) is 0.600. The molecule has 2 atom stereocenters. The maximum Gasteiger partial charge on any atom is 0.165 e. The van der Waals surface area contributed by atoms with Crippen LogP contribution in [0, 0.1) is 12.7 Å². The molecule has 0 heterocycles. The number of ether oxygens (including phenoxy) is 1. The topological polar surface area (TPSA) is 21.3 Å². The van der Waals surface area contributed by atoms with Crippen molar-refractivity contribution in [1.29, 1.82) is 0 Å². The van der Waals surface area contributed by atoms with Gasteiger partial charge in [-0.2, -0.15) is 0 Å². The van der Waals surface area contributed by atoms with Crippen LogP contribution in [0.2, 0.25) is 0 Å². The van der Waals surface area contributed by atoms with Crippen LogP contribution in [0.25, 0.3) is 0 Å². The molecule has 1 rings (SSSR count). The van der Waals surface area contributed by atoms with Gasteiger partial charge in [-0.05, 0) is 50.9 Å². The Labute approximate surface area is 110 Å². The average Bonchev–Trinajstić information content (AvgIpc) is 2.35. The van der Waals surface area contributed by atoms with Gasteiger partial charge in [0.05, 0.1) is 0 Å². The molecule has 0 aliphatic rings. The minimum absolute atomic E-state index is 0.0437. The Morgan fingerprint density at radius 1 is 1.33 bits per heavy atom. The van der Waals surface area contributed by atoms with Crippen LogP contribution >= 0.6 is 0 Å². The van der Waals surface area contributed by atoms with E-state index in [-0.39, 0.29) is 18.0 Å². The molecule has 0 aliphatic carbocycles. The lowest BCUT2D eigenvalue weighted by atomic mass is 10.1. The Balaban J connectivity index is 2.66. The zero-order valence-corrected chi connectivity index (χ0v) is 11.8. The molecule has 1 aromatic carbocycles. The van der Waals surface area contributed by atoms with Gasteiger partial charge in [0.15, 0.2) is 11.6 Å². The van der Waals surface area contributed by atoms with Crippen molar-refractivity contribution < 1.29 is 9.13 Å². The minimum Gasteiger partial charge on any atom is -0.486 e. The second-order valence-electron chi connectivity index (χ2n) is 4.73. The van der Waals surface area contributed by atoms with E-state index in [0.29, 0.717) is 5.75 Å². The maximum atomic E-state index is 13.6. The van der Waals surface area contributed by atoms with E-state index >= 15 is 0 Å². The summed E-state index contributed by atoms with van der Waals surface area (Å²) in [7, 11) is 0. The smallest absolute Gasteiger partial charge is 0.165 e. The number of hydrogen-bond acceptors (Lipinski definition) is 2. The highest BCUT2D eigenvalue weighted by Gasteiger charge is 2.17. The summed E-state index contributed by atoms with van der Waals surface area (Å²) >= 11 is 0. The largest absolute Gasteiger partial charge is 0.486 e. The lowest BCUT2D eigenvalue weighted by molar-refractivity contribution is 0.160. The van der Waals surface area contributed by atoms with Crippen molar-refractivity contribution in [2.45, 2.75) is 52.7 Å². The van der Waals surface area contributed by atoms with Gasteiger partial charge >= 0.3 is 0 Å². The lowest BCUT2D eigenvalue weighted by Crippen LogP contribution is -2.41. The molecule has 0 amide bonds. The van der Waals surface area contributed by atoms with Crippen molar-refractivity contribution in [2.24, 2.45) is 0 Å². The van der Waals surface area contributed by atoms with Crippen LogP contribution in [0.3, 0.4) is 0 Å². The zero-order chi connectivity index (χ0) is 13.5. The molecule has 102 valence electrons. The van der Waals surface area contributed by atoms with E-state index in [9.17, 15) is 4.39 Å². The molecule has 0 fully saturated rings. The van der Waals surface area contributed by atoms with Gasteiger partial charge in [-0.3, -0.25) is 0 Å². The van der Waals surface area contributed by atoms with Gasteiger partial charge in [0.25, 0.3) is 0 Å². The summed E-state index contributed by atoms with van der Waals surface area (Å²) < 4.78 is 19.3. The Bertz CT molecular complexity index is 368. The quantitative estimate of drug-likeness (QED) is 0.800. The molecule has 2 unspecified atom stereocenters. The lowest BCUT2D eigenvalue weighted by Gasteiger charge is -2.25. The van der Waals surface area contributed by atoms with E-state index in [4.69, 9.17) is 4.74 Å². The number of halogens is 1. The predicted molar refractivity (Wildman–Crippen MR) is 73.6 cm³/mol. The molecule has 0 saturated heterocycles. The van der Waals surface area contributed by atoms with Crippen LogP contribution in [0.1, 0.15) is 39.2 Å². The van der Waals surface area contributed by atoms with E-state index in [0.717, 1.165) is 24.9 Å². The summed E-state index contributed by atoms with van der Waals surface area (Å²) in [5.41, 5.74) is 1.01. The van der Waals surface area contributed by atoms with Gasteiger partial charge in [-0.15, -0.1) is 0 Å². The number of hydrogen-bond donors (Lipinski definition) is 1. The highest BCUT2D eigenvalue weighted by Crippen LogP contribution is 2.20. The summed E-state index contributed by atoms with van der Waals surface area (Å²) in [5.74, 6) is 0.0528. The van der Waals surface area contributed by atoms with E-state index in [1.165, 1.54) is 6.07 Å². The molecule has 0 saturated carbocycles. The fourth-order valence-electron chi connectivity index (χ4n) is 1.96. The molecule has 0 bridgehead atoms. The van der Waals surface area contributed by atoms with Crippen LogP contribution in [0.4, 0.5) is 4.39 Å². The molecule has 0 radical (unpaired) electrons. The van der Waals surface area contributed by atoms with E-state index in [2.05, 4.69) is 19.2 Å². The molecule has 0 spiro atoms. The molecule has 3 heteroatoms. The van der Waals surface area contributed by atoms with E-state index < -0.39 is 0 Å². The van der Waals surface area contributed by atoms with Crippen LogP contribution in [-0.2, 0) is 0 Å². The summed E-state index contributed by atoms with van der Waals surface area (Å²) in [6.07, 6.45) is 2.01. The van der Waals surface area contributed by atoms with Crippen LogP contribution in [0.5, 0.6) is 5.75 Å². The highest BCUT2D eigenvalue weighted by molar-refractivity contribution is 5.29. The first kappa shape index (κ1) is 15.0. The number of benzene rings is 1. The predicted octanol–water partition coefficient (Wildman–Crippen LogP) is 3.68. The van der Waals surface area contributed by atoms with Crippen LogP contribution in [0.15, 0.2) is 18.2 Å². The summed E-state index contributed by atoms with van der Waals surface area (Å²) in [6.45, 7) is 9.12. The van der Waals surface area contributed by atoms with Crippen molar-refractivity contribution in [1.82, 2.24) is 5.32 Å². The molecular weight excluding hydrogens is 229 g/mol. The van der Waals surface area contributed by atoms with Crippen molar-refractivity contribution in [2.75, 3.05) is 6.54 Å². The summed E-state index contributed by atoms with van der Waals surface area (Å²) in [6, 6.07) is 5.21. The van der Waals surface area contributed by atoms with Gasteiger partial charge in [-0.25, -0.2) is 4.39 Å². The summed E-state index contributed by atoms with van der Waals surface area (Å²) in [5, 5.41) is 3.43. The van der Waals surface area contributed by atoms with Crippen molar-refractivity contribution in [3.8, 4) is 5.75 Å². The first-order chi connectivity index (χ1) is 8.58. The maximum absolute atomic E-state index is 13.6. The number of rotatable bonds is 7. The van der Waals surface area contributed by atoms with E-state index in [1.807, 2.05) is 13.8 Å². The zero-order valence-electron chi connectivity index (χ0n) is 11.8. The molecule has 1 aromatic rings. The Morgan fingerprint density at radius 2 is 2.06 bits per heavy atom. The normalized spacial score (nSPS) is 14.3. The fourth-order valence-corrected chi connectivity index (χ4v) is 1.96. The SMILES string of the molecule is CCCNC(CC)C(C)Oc1cc(C)ccc1F. The van der Waals surface area contributed by atoms with Crippen LogP contribution < -0.4 is 10.1 Å². The third kappa shape index (κ3) is 4.30. The van der Waals surface area contributed by atoms with Gasteiger partial charge in [0, 0.05) is 6.04 Å². The molecule has 1 N–H and O–H groups in total. The third-order valence-corrected chi connectivity index (χ3v) is 3.06. The number of aryl methyl sites for hydroxylation is 1. The van der Waals surface area contributed by atoms with Crippen molar-refractivity contribution >= 4 is 0 Å². The van der Waals surface area contributed by atoms with Gasteiger partial charge < -0.3 is 10.1 Å². The second-order valence-corrected chi connectivity index (χ2v) is 4.73. The standard InChI is InChI=1S/C15H24FNO/c1-5-9-17-14(6-2)12(4)18-15-10-11(3)7-8-13(15)16/h7-8,10,12,14,17H,5-6,9H2,1-4H3. The van der Waals surface area contributed by atoms with Gasteiger partial charge in [-0.1, -0.05) is 19.9 Å². The Hall–Kier alpha value is -1.09. The number of nitrogens with one attached hydrogen (secondary N) is 1. The molecule has 2 nitrogen and oxygen atoms in total. The first-order valence-corrected chi connectivity index (χ1v) is 6.74. The van der Waals surface area contributed by atoms with Gasteiger partial charge in [0.2, 0.25) is 0 Å². The van der Waals surface area contributed by atoms with Crippen molar-refractivity contribution in [3.05, 3.63) is 29.6 Å². The minimum atomic E-state index is -0.294.